The van der Waals surface area contributed by atoms with Crippen LogP contribution in [-0.2, 0) is 11.8 Å². The lowest BCUT2D eigenvalue weighted by Crippen LogP contribution is -2.29. The molecular formula is C20H20N4OS. The first-order valence-electron chi connectivity index (χ1n) is 8.69. The molecule has 1 N–H and O–H groups in total. The molecule has 5 nitrogen and oxygen atoms in total. The van der Waals surface area contributed by atoms with Gasteiger partial charge in [0, 0.05) is 18.7 Å². The van der Waals surface area contributed by atoms with Crippen LogP contribution in [0, 0.1) is 0 Å². The second-order valence-electron chi connectivity index (χ2n) is 6.42. The van der Waals surface area contributed by atoms with E-state index in [0.717, 1.165) is 34.9 Å². The minimum atomic E-state index is -0.344. The molecule has 0 bridgehead atoms. The summed E-state index contributed by atoms with van der Waals surface area (Å²) in [6, 6.07) is 20.1. The average molecular weight is 364 g/mol. The topological polar surface area (TPSA) is 59.8 Å². The number of aromatic nitrogens is 3. The summed E-state index contributed by atoms with van der Waals surface area (Å²) in [5, 5.41) is 12.2. The van der Waals surface area contributed by atoms with Gasteiger partial charge in [0.2, 0.25) is 5.91 Å². The lowest BCUT2D eigenvalue weighted by molar-refractivity contribution is -0.120. The molecule has 4 rings (SSSR count). The van der Waals surface area contributed by atoms with Gasteiger partial charge in [-0.3, -0.25) is 4.79 Å². The molecule has 0 radical (unpaired) electrons. The smallest absolute Gasteiger partial charge is 0.238 e. The number of hydrogen-bond acceptors (Lipinski definition) is 4. The zero-order chi connectivity index (χ0) is 17.9. The highest BCUT2D eigenvalue weighted by Gasteiger charge is 2.30. The third kappa shape index (κ3) is 3.65. The van der Waals surface area contributed by atoms with Crippen molar-refractivity contribution >= 4 is 17.7 Å². The standard InChI is InChI=1S/C20H20N4OS/c1-24-18(15-10-6-3-7-11-15)22-23-20(24)26-17(14-8-4-2-5-9-14)19(25)21-16-12-13-16/h2-11,16-17H,12-13H2,1H3,(H,21,25)/t17-/m1/s1. The fourth-order valence-electron chi connectivity index (χ4n) is 2.77. The zero-order valence-electron chi connectivity index (χ0n) is 14.5. The maximum atomic E-state index is 12.8. The van der Waals surface area contributed by atoms with Gasteiger partial charge in [-0.15, -0.1) is 10.2 Å². The van der Waals surface area contributed by atoms with Crippen LogP contribution in [0.2, 0.25) is 0 Å². The molecule has 0 spiro atoms. The second kappa shape index (κ2) is 7.33. The maximum Gasteiger partial charge on any atom is 0.238 e. The Bertz CT molecular complexity index is 891. The fraction of sp³-hybridized carbons (Fsp3) is 0.250. The molecule has 26 heavy (non-hydrogen) atoms. The van der Waals surface area contributed by atoms with Crippen LogP contribution in [0.5, 0.6) is 0 Å². The van der Waals surface area contributed by atoms with Crippen LogP contribution in [0.4, 0.5) is 0 Å². The van der Waals surface area contributed by atoms with E-state index in [9.17, 15) is 4.79 Å². The van der Waals surface area contributed by atoms with Crippen molar-refractivity contribution in [1.29, 1.82) is 0 Å². The summed E-state index contributed by atoms with van der Waals surface area (Å²) in [6.45, 7) is 0. The molecule has 1 aliphatic rings. The van der Waals surface area contributed by atoms with Crippen molar-refractivity contribution < 1.29 is 4.79 Å². The van der Waals surface area contributed by atoms with E-state index in [1.165, 1.54) is 11.8 Å². The average Bonchev–Trinajstić information content (AvgIpc) is 3.42. The van der Waals surface area contributed by atoms with E-state index < -0.39 is 0 Å². The molecule has 1 heterocycles. The molecule has 6 heteroatoms. The number of carbonyl (C=O) groups excluding carboxylic acids is 1. The molecule has 1 amide bonds. The Balaban J connectivity index is 1.61. The van der Waals surface area contributed by atoms with E-state index in [1.54, 1.807) is 0 Å². The van der Waals surface area contributed by atoms with Crippen LogP contribution in [-0.4, -0.2) is 26.7 Å². The molecule has 132 valence electrons. The van der Waals surface area contributed by atoms with Crippen molar-refractivity contribution in [2.45, 2.75) is 29.3 Å². The molecule has 0 unspecified atom stereocenters. The molecule has 0 saturated heterocycles. The number of benzene rings is 2. The van der Waals surface area contributed by atoms with Crippen molar-refractivity contribution in [1.82, 2.24) is 20.1 Å². The highest BCUT2D eigenvalue weighted by Crippen LogP contribution is 2.36. The highest BCUT2D eigenvalue weighted by molar-refractivity contribution is 8.00. The zero-order valence-corrected chi connectivity index (χ0v) is 15.3. The molecule has 3 aromatic rings. The molecule has 1 fully saturated rings. The summed E-state index contributed by atoms with van der Waals surface area (Å²) >= 11 is 1.44. The summed E-state index contributed by atoms with van der Waals surface area (Å²) in [5.41, 5.74) is 1.98. The highest BCUT2D eigenvalue weighted by atomic mass is 32.2. The molecule has 0 aliphatic heterocycles. The van der Waals surface area contributed by atoms with Gasteiger partial charge in [-0.1, -0.05) is 72.4 Å². The normalized spacial score (nSPS) is 14.8. The predicted molar refractivity (Wildman–Crippen MR) is 103 cm³/mol. The lowest BCUT2D eigenvalue weighted by Gasteiger charge is -2.16. The first-order valence-corrected chi connectivity index (χ1v) is 9.57. The van der Waals surface area contributed by atoms with Crippen LogP contribution in [0.1, 0.15) is 23.7 Å². The van der Waals surface area contributed by atoms with Gasteiger partial charge >= 0.3 is 0 Å². The van der Waals surface area contributed by atoms with Crippen LogP contribution in [0.3, 0.4) is 0 Å². The number of rotatable bonds is 6. The Labute approximate surface area is 156 Å². The maximum absolute atomic E-state index is 12.8. The Kier molecular flexibility index (Phi) is 4.75. The van der Waals surface area contributed by atoms with Gasteiger partial charge in [0.25, 0.3) is 0 Å². The van der Waals surface area contributed by atoms with E-state index >= 15 is 0 Å². The molecule has 1 aliphatic carbocycles. The monoisotopic (exact) mass is 364 g/mol. The summed E-state index contributed by atoms with van der Waals surface area (Å²) in [7, 11) is 1.94. The van der Waals surface area contributed by atoms with Gasteiger partial charge in [-0.05, 0) is 18.4 Å². The summed E-state index contributed by atoms with van der Waals surface area (Å²) in [5.74, 6) is 0.829. The van der Waals surface area contributed by atoms with Crippen LogP contribution in [0.25, 0.3) is 11.4 Å². The molecular weight excluding hydrogens is 344 g/mol. The van der Waals surface area contributed by atoms with Gasteiger partial charge in [0.05, 0.1) is 0 Å². The number of nitrogens with one attached hydrogen (secondary N) is 1. The van der Waals surface area contributed by atoms with Crippen LogP contribution >= 0.6 is 11.8 Å². The minimum absolute atomic E-state index is 0.0351. The Hall–Kier alpha value is -2.60. The lowest BCUT2D eigenvalue weighted by atomic mass is 10.1. The van der Waals surface area contributed by atoms with Crippen molar-refractivity contribution in [3.8, 4) is 11.4 Å². The number of amides is 1. The van der Waals surface area contributed by atoms with E-state index in [-0.39, 0.29) is 11.2 Å². The van der Waals surface area contributed by atoms with Crippen LogP contribution < -0.4 is 5.32 Å². The quantitative estimate of drug-likeness (QED) is 0.679. The van der Waals surface area contributed by atoms with Gasteiger partial charge in [-0.2, -0.15) is 0 Å². The Morgan fingerprint density at radius 1 is 1.08 bits per heavy atom. The first-order chi connectivity index (χ1) is 12.7. The van der Waals surface area contributed by atoms with E-state index in [1.807, 2.05) is 72.3 Å². The van der Waals surface area contributed by atoms with Gasteiger partial charge < -0.3 is 9.88 Å². The van der Waals surface area contributed by atoms with Crippen molar-refractivity contribution in [2.75, 3.05) is 0 Å². The van der Waals surface area contributed by atoms with Crippen LogP contribution in [0.15, 0.2) is 65.8 Å². The third-order valence-corrected chi connectivity index (χ3v) is 5.64. The second-order valence-corrected chi connectivity index (χ2v) is 7.49. The molecule has 1 saturated carbocycles. The van der Waals surface area contributed by atoms with Gasteiger partial charge in [0.15, 0.2) is 11.0 Å². The Morgan fingerprint density at radius 3 is 2.38 bits per heavy atom. The number of hydrogen-bond donors (Lipinski definition) is 1. The van der Waals surface area contributed by atoms with E-state index in [0.29, 0.717) is 6.04 Å². The number of thioether (sulfide) groups is 1. The van der Waals surface area contributed by atoms with Crippen molar-refractivity contribution in [2.24, 2.45) is 7.05 Å². The molecule has 1 atom stereocenters. The van der Waals surface area contributed by atoms with E-state index in [4.69, 9.17) is 0 Å². The van der Waals surface area contributed by atoms with Crippen molar-refractivity contribution in [3.05, 3.63) is 66.2 Å². The van der Waals surface area contributed by atoms with Crippen molar-refractivity contribution in [3.63, 3.8) is 0 Å². The first kappa shape index (κ1) is 16.8. The van der Waals surface area contributed by atoms with Gasteiger partial charge in [-0.25, -0.2) is 0 Å². The SMILES string of the molecule is Cn1c(S[C@@H](C(=O)NC2CC2)c2ccccc2)nnc1-c1ccccc1. The Morgan fingerprint density at radius 2 is 1.73 bits per heavy atom. The molecule has 1 aromatic heterocycles. The summed E-state index contributed by atoms with van der Waals surface area (Å²) in [6.07, 6.45) is 2.14. The summed E-state index contributed by atoms with van der Waals surface area (Å²) < 4.78 is 1.94. The largest absolute Gasteiger partial charge is 0.352 e. The fourth-order valence-corrected chi connectivity index (χ4v) is 3.78. The third-order valence-electron chi connectivity index (χ3n) is 4.35. The number of nitrogens with zero attached hydrogens (tertiary/aromatic N) is 3. The van der Waals surface area contributed by atoms with E-state index in [2.05, 4.69) is 15.5 Å². The summed E-state index contributed by atoms with van der Waals surface area (Å²) in [4.78, 5) is 12.8. The molecule has 2 aromatic carbocycles. The minimum Gasteiger partial charge on any atom is -0.352 e. The predicted octanol–water partition coefficient (Wildman–Crippen LogP) is 3.59. The number of carbonyl (C=O) groups is 1. The van der Waals surface area contributed by atoms with Gasteiger partial charge in [0.1, 0.15) is 5.25 Å².